The lowest BCUT2D eigenvalue weighted by atomic mass is 10.0. The lowest BCUT2D eigenvalue weighted by Gasteiger charge is -2.31. The number of nitrogens with zero attached hydrogens (tertiary/aromatic N) is 1. The molecule has 0 bridgehead atoms. The standard InChI is InChI=1S/C21H26FNO3S/c1-3-7-17-12-11-16(14-19(17)22)15-26-20-10-5-8-18-9-6-13-23(21(18)20)27(24,25)4-2/h5,8,10-12,14H,3-4,6-7,9,13,15H2,1-2H3. The number of aryl methyl sites for hydroxylation is 2. The molecule has 4 nitrogen and oxygen atoms in total. The molecule has 0 unspecified atom stereocenters. The summed E-state index contributed by atoms with van der Waals surface area (Å²) in [5.41, 5.74) is 3.04. The van der Waals surface area contributed by atoms with Crippen LogP contribution in [0.25, 0.3) is 0 Å². The molecule has 2 aromatic rings. The monoisotopic (exact) mass is 391 g/mol. The third-order valence-corrected chi connectivity index (χ3v) is 6.64. The van der Waals surface area contributed by atoms with Gasteiger partial charge in [-0.3, -0.25) is 4.31 Å². The zero-order chi connectivity index (χ0) is 19.4. The van der Waals surface area contributed by atoms with Crippen molar-refractivity contribution in [1.82, 2.24) is 0 Å². The van der Waals surface area contributed by atoms with Gasteiger partial charge >= 0.3 is 0 Å². The fraction of sp³-hybridized carbons (Fsp3) is 0.429. The van der Waals surface area contributed by atoms with Gasteiger partial charge in [-0.15, -0.1) is 0 Å². The van der Waals surface area contributed by atoms with Crippen molar-refractivity contribution in [2.75, 3.05) is 16.6 Å². The predicted molar refractivity (Wildman–Crippen MR) is 106 cm³/mol. The van der Waals surface area contributed by atoms with Gasteiger partial charge in [0.25, 0.3) is 0 Å². The number of ether oxygens (including phenoxy) is 1. The van der Waals surface area contributed by atoms with Crippen LogP contribution in [0.5, 0.6) is 5.75 Å². The summed E-state index contributed by atoms with van der Waals surface area (Å²) in [6, 6.07) is 10.8. The third kappa shape index (κ3) is 4.26. The minimum absolute atomic E-state index is 0.0465. The maximum absolute atomic E-state index is 14.2. The molecule has 0 fully saturated rings. The molecule has 0 saturated carbocycles. The van der Waals surface area contributed by atoms with Crippen molar-refractivity contribution in [3.63, 3.8) is 0 Å². The number of para-hydroxylation sites is 1. The first-order valence-corrected chi connectivity index (χ1v) is 11.1. The average molecular weight is 392 g/mol. The van der Waals surface area contributed by atoms with Gasteiger partial charge in [-0.05, 0) is 55.0 Å². The smallest absolute Gasteiger partial charge is 0.235 e. The maximum Gasteiger partial charge on any atom is 0.235 e. The first-order valence-electron chi connectivity index (χ1n) is 9.48. The van der Waals surface area contributed by atoms with Crippen molar-refractivity contribution in [1.29, 1.82) is 0 Å². The highest BCUT2D eigenvalue weighted by molar-refractivity contribution is 7.92. The Kier molecular flexibility index (Phi) is 6.05. The lowest BCUT2D eigenvalue weighted by molar-refractivity contribution is 0.305. The summed E-state index contributed by atoms with van der Waals surface area (Å²) in [7, 11) is -3.37. The van der Waals surface area contributed by atoms with Gasteiger partial charge in [-0.1, -0.05) is 37.6 Å². The van der Waals surface area contributed by atoms with Crippen molar-refractivity contribution >= 4 is 15.7 Å². The summed E-state index contributed by atoms with van der Waals surface area (Å²) in [5.74, 6) is 0.357. The van der Waals surface area contributed by atoms with Gasteiger partial charge < -0.3 is 4.74 Å². The first kappa shape index (κ1) is 19.7. The summed E-state index contributed by atoms with van der Waals surface area (Å²) in [4.78, 5) is 0. The van der Waals surface area contributed by atoms with E-state index in [4.69, 9.17) is 4.74 Å². The summed E-state index contributed by atoms with van der Waals surface area (Å²) in [6.45, 7) is 4.32. The van der Waals surface area contributed by atoms with Crippen LogP contribution in [-0.4, -0.2) is 20.7 Å². The van der Waals surface area contributed by atoms with E-state index in [1.165, 1.54) is 10.4 Å². The molecule has 0 amide bonds. The SMILES string of the molecule is CCCc1ccc(COc2cccc3c2N(S(=O)(=O)CC)CCC3)cc1F. The Morgan fingerprint density at radius 3 is 2.70 bits per heavy atom. The molecule has 6 heteroatoms. The van der Waals surface area contributed by atoms with Crippen LogP contribution < -0.4 is 9.04 Å². The molecule has 2 aromatic carbocycles. The number of rotatable bonds is 7. The van der Waals surface area contributed by atoms with E-state index in [0.29, 0.717) is 30.0 Å². The summed E-state index contributed by atoms with van der Waals surface area (Å²) in [6.07, 6.45) is 3.22. The zero-order valence-corrected chi connectivity index (χ0v) is 16.7. The Balaban J connectivity index is 1.85. The summed E-state index contributed by atoms with van der Waals surface area (Å²) in [5, 5.41) is 0. The van der Waals surface area contributed by atoms with Gasteiger partial charge in [-0.2, -0.15) is 0 Å². The Morgan fingerprint density at radius 2 is 2.00 bits per heavy atom. The van der Waals surface area contributed by atoms with Crippen LogP contribution in [-0.2, 0) is 29.5 Å². The predicted octanol–water partition coefficient (Wildman–Crippen LogP) is 4.46. The van der Waals surface area contributed by atoms with Crippen LogP contribution in [0.4, 0.5) is 10.1 Å². The highest BCUT2D eigenvalue weighted by Gasteiger charge is 2.29. The van der Waals surface area contributed by atoms with Gasteiger partial charge in [-0.25, -0.2) is 12.8 Å². The third-order valence-electron chi connectivity index (χ3n) is 4.87. The van der Waals surface area contributed by atoms with Gasteiger partial charge in [0.2, 0.25) is 10.0 Å². The van der Waals surface area contributed by atoms with Gasteiger partial charge in [0.05, 0.1) is 11.4 Å². The van der Waals surface area contributed by atoms with Crippen molar-refractivity contribution in [3.05, 3.63) is 58.9 Å². The molecule has 0 N–H and O–H groups in total. The normalized spacial score (nSPS) is 14.1. The molecule has 3 rings (SSSR count). The lowest BCUT2D eigenvalue weighted by Crippen LogP contribution is -2.36. The van der Waals surface area contributed by atoms with Gasteiger partial charge in [0.15, 0.2) is 0 Å². The first-order chi connectivity index (χ1) is 13.0. The van der Waals surface area contributed by atoms with E-state index in [2.05, 4.69) is 0 Å². The number of benzene rings is 2. The average Bonchev–Trinajstić information content (AvgIpc) is 2.67. The number of halogens is 1. The molecular formula is C21H26FNO3S. The van der Waals surface area contributed by atoms with Crippen LogP contribution in [0.3, 0.4) is 0 Å². The molecular weight excluding hydrogens is 365 g/mol. The molecule has 1 aliphatic heterocycles. The summed E-state index contributed by atoms with van der Waals surface area (Å²) < 4.78 is 46.6. The zero-order valence-electron chi connectivity index (χ0n) is 15.9. The molecule has 0 radical (unpaired) electrons. The molecule has 146 valence electrons. The van der Waals surface area contributed by atoms with Crippen molar-refractivity contribution in [3.8, 4) is 5.75 Å². The fourth-order valence-electron chi connectivity index (χ4n) is 3.44. The second-order valence-electron chi connectivity index (χ2n) is 6.80. The van der Waals surface area contributed by atoms with Crippen molar-refractivity contribution in [2.45, 2.75) is 46.1 Å². The molecule has 27 heavy (non-hydrogen) atoms. The van der Waals surface area contributed by atoms with E-state index in [0.717, 1.165) is 30.4 Å². The largest absolute Gasteiger partial charge is 0.487 e. The van der Waals surface area contributed by atoms with Crippen LogP contribution in [0.1, 0.15) is 43.4 Å². The molecule has 1 heterocycles. The second-order valence-corrected chi connectivity index (χ2v) is 8.99. The van der Waals surface area contributed by atoms with E-state index in [9.17, 15) is 12.8 Å². The second kappa shape index (κ2) is 8.30. The van der Waals surface area contributed by atoms with E-state index in [1.807, 2.05) is 25.1 Å². The molecule has 0 spiro atoms. The highest BCUT2D eigenvalue weighted by Crippen LogP contribution is 2.38. The van der Waals surface area contributed by atoms with E-state index in [-0.39, 0.29) is 18.2 Å². The van der Waals surface area contributed by atoms with E-state index in [1.54, 1.807) is 19.1 Å². The quantitative estimate of drug-likeness (QED) is 0.700. The number of hydrogen-bond acceptors (Lipinski definition) is 3. The number of sulfonamides is 1. The van der Waals surface area contributed by atoms with Crippen LogP contribution in [0.2, 0.25) is 0 Å². The van der Waals surface area contributed by atoms with Gasteiger partial charge in [0, 0.05) is 6.54 Å². The molecule has 1 aliphatic rings. The Bertz CT molecular complexity index is 912. The Hall–Kier alpha value is -2.08. The van der Waals surface area contributed by atoms with E-state index < -0.39 is 10.0 Å². The minimum atomic E-state index is -3.37. The number of fused-ring (bicyclic) bond motifs is 1. The molecule has 0 saturated heterocycles. The molecule has 0 aliphatic carbocycles. The van der Waals surface area contributed by atoms with E-state index >= 15 is 0 Å². The van der Waals surface area contributed by atoms with Crippen molar-refractivity contribution in [2.24, 2.45) is 0 Å². The fourth-order valence-corrected chi connectivity index (χ4v) is 4.65. The highest BCUT2D eigenvalue weighted by atomic mass is 32.2. The Morgan fingerprint density at radius 1 is 1.19 bits per heavy atom. The molecule has 0 aromatic heterocycles. The molecule has 0 atom stereocenters. The minimum Gasteiger partial charge on any atom is -0.487 e. The maximum atomic E-state index is 14.2. The number of anilines is 1. The number of hydrogen-bond donors (Lipinski definition) is 0. The topological polar surface area (TPSA) is 46.6 Å². The summed E-state index contributed by atoms with van der Waals surface area (Å²) >= 11 is 0. The Labute approximate surface area is 161 Å². The van der Waals surface area contributed by atoms with Crippen molar-refractivity contribution < 1.29 is 17.5 Å². The van der Waals surface area contributed by atoms with Crippen LogP contribution in [0.15, 0.2) is 36.4 Å². The van der Waals surface area contributed by atoms with Crippen LogP contribution in [0, 0.1) is 5.82 Å². The van der Waals surface area contributed by atoms with Gasteiger partial charge in [0.1, 0.15) is 18.2 Å². The van der Waals surface area contributed by atoms with Crippen LogP contribution >= 0.6 is 0 Å².